The number of hydrogen-bond donors (Lipinski definition) is 2. The summed E-state index contributed by atoms with van der Waals surface area (Å²) in [7, 11) is 0. The topological polar surface area (TPSA) is 115 Å². The number of carbonyl (C=O) groups is 1. The van der Waals surface area contributed by atoms with E-state index in [4.69, 9.17) is 10.5 Å². The zero-order chi connectivity index (χ0) is 26.8. The van der Waals surface area contributed by atoms with Crippen molar-refractivity contribution < 1.29 is 21.2 Å². The summed E-state index contributed by atoms with van der Waals surface area (Å²) in [6.45, 7) is 3.00. The van der Waals surface area contributed by atoms with Crippen LogP contribution in [0.15, 0.2) is 53.6 Å². The largest absolute Gasteiger partial charge is 0.378 e. The standard InChI is InChI=1S/C22H23N5O3.C5H9F2N.2H2/c28-20-12-18(24-19-6-2-5-11-27(19)20)25-21(29)22(14-30-15-22)17-8-7-16(13-23-17)26-9-3-1-4-10-26;6-5(7)1-4(2-5)3-8;;/h2,5-8,11-13H,1,3-4,9-10,14-15H2,(H,25,29);4H,1-3,8H2;2*1H. The molecule has 2 saturated heterocycles. The SMILES string of the molecule is NCC1CC(F)(F)C1.O=C(Nc1cc(=O)n2ccccc2n1)C1(c2ccc(N3CCCCC3)cn2)COC1.[HH].[HH]. The lowest BCUT2D eigenvalue weighted by atomic mass is 9.81. The van der Waals surface area contributed by atoms with Gasteiger partial charge in [-0.25, -0.2) is 13.8 Å². The lowest BCUT2D eigenvalue weighted by molar-refractivity contribution is -0.140. The zero-order valence-corrected chi connectivity index (χ0v) is 21.1. The molecule has 1 saturated carbocycles. The number of piperidine rings is 1. The molecule has 1 amide bonds. The van der Waals surface area contributed by atoms with Crippen LogP contribution < -0.4 is 21.5 Å². The summed E-state index contributed by atoms with van der Waals surface area (Å²) >= 11 is 0. The summed E-state index contributed by atoms with van der Waals surface area (Å²) in [5, 5.41) is 2.80. The smallest absolute Gasteiger partial charge is 0.259 e. The average molecular weight is 531 g/mol. The summed E-state index contributed by atoms with van der Waals surface area (Å²) in [6, 6.07) is 10.5. The molecular formula is C27H36F2N6O3. The van der Waals surface area contributed by atoms with E-state index < -0.39 is 11.3 Å². The lowest BCUT2D eigenvalue weighted by Gasteiger charge is -2.39. The van der Waals surface area contributed by atoms with Crippen molar-refractivity contribution in [2.24, 2.45) is 11.7 Å². The Labute approximate surface area is 222 Å². The predicted octanol–water partition coefficient (Wildman–Crippen LogP) is 3.47. The number of rotatable bonds is 5. The molecule has 0 radical (unpaired) electrons. The Balaban J connectivity index is 0.000000383. The second-order valence-corrected chi connectivity index (χ2v) is 10.3. The third kappa shape index (κ3) is 5.39. The van der Waals surface area contributed by atoms with Crippen LogP contribution >= 0.6 is 0 Å². The maximum Gasteiger partial charge on any atom is 0.259 e. The first-order chi connectivity index (χ1) is 18.3. The van der Waals surface area contributed by atoms with Crippen molar-refractivity contribution in [2.45, 2.75) is 43.4 Å². The number of carbonyl (C=O) groups excluding carboxylic acids is 1. The van der Waals surface area contributed by atoms with Crippen LogP contribution in [0.4, 0.5) is 20.3 Å². The van der Waals surface area contributed by atoms with E-state index in [1.165, 1.54) is 29.7 Å². The van der Waals surface area contributed by atoms with Crippen molar-refractivity contribution in [3.05, 3.63) is 64.8 Å². The molecule has 11 heteroatoms. The first kappa shape index (κ1) is 26.2. The summed E-state index contributed by atoms with van der Waals surface area (Å²) in [5.74, 6) is -2.33. The van der Waals surface area contributed by atoms with E-state index in [0.717, 1.165) is 18.8 Å². The van der Waals surface area contributed by atoms with Crippen molar-refractivity contribution >= 4 is 23.1 Å². The summed E-state index contributed by atoms with van der Waals surface area (Å²) < 4.78 is 30.7. The van der Waals surface area contributed by atoms with Gasteiger partial charge in [-0.05, 0) is 56.0 Å². The second-order valence-electron chi connectivity index (χ2n) is 10.3. The van der Waals surface area contributed by atoms with Crippen molar-refractivity contribution in [1.29, 1.82) is 0 Å². The maximum absolute atomic E-state index is 13.2. The Morgan fingerprint density at radius 1 is 1.16 bits per heavy atom. The van der Waals surface area contributed by atoms with Crippen molar-refractivity contribution in [2.75, 3.05) is 43.1 Å². The predicted molar refractivity (Wildman–Crippen MR) is 144 cm³/mol. The molecule has 3 aromatic heterocycles. The molecule has 6 rings (SSSR count). The quantitative estimate of drug-likeness (QED) is 0.519. The highest BCUT2D eigenvalue weighted by Crippen LogP contribution is 2.41. The lowest BCUT2D eigenvalue weighted by Crippen LogP contribution is -2.56. The number of nitrogens with one attached hydrogen (secondary N) is 1. The van der Waals surface area contributed by atoms with E-state index >= 15 is 0 Å². The first-order valence-corrected chi connectivity index (χ1v) is 13.0. The highest BCUT2D eigenvalue weighted by molar-refractivity contribution is 5.99. The number of fused-ring (bicyclic) bond motifs is 1. The third-order valence-corrected chi connectivity index (χ3v) is 7.41. The van der Waals surface area contributed by atoms with Crippen LogP contribution in [0, 0.1) is 5.92 Å². The average Bonchev–Trinajstić information content (AvgIpc) is 2.88. The molecule has 3 aliphatic rings. The number of amides is 1. The van der Waals surface area contributed by atoms with Gasteiger partial charge in [0.05, 0.1) is 30.8 Å². The number of nitrogens with zero attached hydrogens (tertiary/aromatic N) is 4. The van der Waals surface area contributed by atoms with Gasteiger partial charge in [0.1, 0.15) is 16.9 Å². The normalized spacial score (nSPS) is 20.0. The first-order valence-electron chi connectivity index (χ1n) is 13.0. The Morgan fingerprint density at radius 2 is 1.92 bits per heavy atom. The van der Waals surface area contributed by atoms with Crippen LogP contribution in [0.1, 0.15) is 40.7 Å². The van der Waals surface area contributed by atoms with Gasteiger partial charge >= 0.3 is 0 Å². The van der Waals surface area contributed by atoms with Crippen LogP contribution in [-0.2, 0) is 14.9 Å². The maximum atomic E-state index is 13.2. The molecule has 3 fully saturated rings. The van der Waals surface area contributed by atoms with Crippen molar-refractivity contribution in [1.82, 2.24) is 14.4 Å². The third-order valence-electron chi connectivity index (χ3n) is 7.41. The molecule has 0 bridgehead atoms. The summed E-state index contributed by atoms with van der Waals surface area (Å²) in [4.78, 5) is 36.8. The molecular weight excluding hydrogens is 494 g/mol. The fraction of sp³-hybridized carbons (Fsp3) is 0.481. The second kappa shape index (κ2) is 10.7. The van der Waals surface area contributed by atoms with Gasteiger partial charge in [-0.1, -0.05) is 6.07 Å². The Bertz CT molecular complexity index is 1340. The van der Waals surface area contributed by atoms with Crippen molar-refractivity contribution in [3.8, 4) is 0 Å². The van der Waals surface area contributed by atoms with E-state index in [9.17, 15) is 18.4 Å². The number of hydrogen-bond acceptors (Lipinski definition) is 7. The molecule has 3 N–H and O–H groups in total. The minimum atomic E-state index is -2.38. The van der Waals surface area contributed by atoms with Crippen LogP contribution in [0.5, 0.6) is 0 Å². The minimum Gasteiger partial charge on any atom is -0.378 e. The number of ether oxygens (including phenoxy) is 1. The molecule has 38 heavy (non-hydrogen) atoms. The Morgan fingerprint density at radius 3 is 2.50 bits per heavy atom. The Kier molecular flexibility index (Phi) is 7.40. The summed E-state index contributed by atoms with van der Waals surface area (Å²) in [5.41, 5.74) is 6.23. The molecule has 2 aliphatic heterocycles. The monoisotopic (exact) mass is 530 g/mol. The fourth-order valence-electron chi connectivity index (χ4n) is 5.02. The van der Waals surface area contributed by atoms with Gasteiger partial charge in [0.2, 0.25) is 11.8 Å². The Hall–Kier alpha value is -3.44. The van der Waals surface area contributed by atoms with Gasteiger partial charge < -0.3 is 20.7 Å². The number of anilines is 2. The molecule has 1 aliphatic carbocycles. The van der Waals surface area contributed by atoms with Crippen LogP contribution in [0.3, 0.4) is 0 Å². The number of pyridine rings is 2. The van der Waals surface area contributed by atoms with E-state index in [1.807, 2.05) is 18.3 Å². The number of aromatic nitrogens is 3. The summed E-state index contributed by atoms with van der Waals surface area (Å²) in [6.07, 6.45) is 7.16. The van der Waals surface area contributed by atoms with E-state index in [2.05, 4.69) is 20.2 Å². The van der Waals surface area contributed by atoms with Crippen LogP contribution in [0.2, 0.25) is 0 Å². The molecule has 0 aromatic carbocycles. The molecule has 9 nitrogen and oxygen atoms in total. The van der Waals surface area contributed by atoms with Gasteiger partial charge in [-0.3, -0.25) is 19.0 Å². The highest BCUT2D eigenvalue weighted by atomic mass is 19.3. The number of alkyl halides is 2. The molecule has 3 aromatic rings. The minimum absolute atomic E-state index is 0. The van der Waals surface area contributed by atoms with Crippen molar-refractivity contribution in [3.63, 3.8) is 0 Å². The fourth-order valence-corrected chi connectivity index (χ4v) is 5.02. The van der Waals surface area contributed by atoms with Gasteiger partial charge in [0, 0.05) is 41.0 Å². The van der Waals surface area contributed by atoms with Gasteiger partial charge in [0.25, 0.3) is 5.56 Å². The highest BCUT2D eigenvalue weighted by Gasteiger charge is 2.49. The van der Waals surface area contributed by atoms with E-state index in [-0.39, 0.29) is 52.1 Å². The molecule has 206 valence electrons. The molecule has 0 atom stereocenters. The van der Waals surface area contributed by atoms with Crippen LogP contribution in [-0.4, -0.2) is 59.0 Å². The van der Waals surface area contributed by atoms with E-state index in [1.54, 1.807) is 24.4 Å². The van der Waals surface area contributed by atoms with Crippen LogP contribution in [0.25, 0.3) is 5.65 Å². The molecule has 0 unspecified atom stereocenters. The molecule has 5 heterocycles. The van der Waals surface area contributed by atoms with E-state index in [0.29, 0.717) is 17.9 Å². The molecule has 0 spiro atoms. The zero-order valence-electron chi connectivity index (χ0n) is 21.1. The number of halogens is 2. The van der Waals surface area contributed by atoms with Gasteiger partial charge in [-0.2, -0.15) is 0 Å². The number of nitrogens with two attached hydrogens (primary N) is 1. The van der Waals surface area contributed by atoms with Gasteiger partial charge in [0.15, 0.2) is 0 Å². The van der Waals surface area contributed by atoms with Gasteiger partial charge in [-0.15, -0.1) is 0 Å².